The van der Waals surface area contributed by atoms with Crippen LogP contribution in [0.1, 0.15) is 60.7 Å². The zero-order chi connectivity index (χ0) is 20.5. The van der Waals surface area contributed by atoms with Crippen LogP contribution >= 0.6 is 0 Å². The second-order valence-corrected chi connectivity index (χ2v) is 9.66. The van der Waals surface area contributed by atoms with Crippen LogP contribution in [0.2, 0.25) is 0 Å². The van der Waals surface area contributed by atoms with E-state index in [1.807, 2.05) is 13.8 Å². The summed E-state index contributed by atoms with van der Waals surface area (Å²) in [5, 5.41) is 8.24. The predicted molar refractivity (Wildman–Crippen MR) is 104 cm³/mol. The van der Waals surface area contributed by atoms with Crippen molar-refractivity contribution < 1.29 is 17.6 Å². The van der Waals surface area contributed by atoms with E-state index in [9.17, 15) is 13.2 Å². The first-order valence-corrected chi connectivity index (χ1v) is 10.8. The first-order valence-electron chi connectivity index (χ1n) is 9.35. The number of carbonyl (C=O) groups is 1. The molecular formula is C19H26N4O4S. The quantitative estimate of drug-likeness (QED) is 0.757. The third kappa shape index (κ3) is 4.10. The average Bonchev–Trinajstić information content (AvgIpc) is 3.18. The lowest BCUT2D eigenvalue weighted by molar-refractivity contribution is 0.0706. The summed E-state index contributed by atoms with van der Waals surface area (Å²) in [6, 6.07) is 6.08. The van der Waals surface area contributed by atoms with Crippen molar-refractivity contribution in [2.75, 3.05) is 27.2 Å². The Morgan fingerprint density at radius 2 is 1.75 bits per heavy atom. The standard InChI is InChI=1S/C19H26N4O4S/c1-13(2)17-20-21-18(27-17)14-9-11-23(12-10-14)19(24)15-5-7-16(8-6-15)28(25,26)22(3)4/h5-8,13-14H,9-12H2,1-4H3. The first-order chi connectivity index (χ1) is 13.2. The molecule has 1 aromatic heterocycles. The largest absolute Gasteiger partial charge is 0.425 e. The first kappa shape index (κ1) is 20.5. The highest BCUT2D eigenvalue weighted by Gasteiger charge is 2.28. The van der Waals surface area contributed by atoms with Crippen LogP contribution in [-0.2, 0) is 10.0 Å². The molecule has 0 spiro atoms. The number of nitrogens with zero attached hydrogens (tertiary/aromatic N) is 4. The Balaban J connectivity index is 1.63. The normalized spacial score (nSPS) is 16.1. The van der Waals surface area contributed by atoms with Crippen molar-refractivity contribution in [3.05, 3.63) is 41.6 Å². The lowest BCUT2D eigenvalue weighted by Gasteiger charge is -2.30. The van der Waals surface area contributed by atoms with E-state index in [0.717, 1.165) is 17.1 Å². The summed E-state index contributed by atoms with van der Waals surface area (Å²) in [4.78, 5) is 14.7. The summed E-state index contributed by atoms with van der Waals surface area (Å²) in [5.74, 6) is 1.55. The van der Waals surface area contributed by atoms with Crippen LogP contribution in [0.25, 0.3) is 0 Å². The van der Waals surface area contributed by atoms with Crippen LogP contribution in [0, 0.1) is 0 Å². The minimum absolute atomic E-state index is 0.0966. The molecule has 1 aromatic carbocycles. The maximum absolute atomic E-state index is 12.7. The van der Waals surface area contributed by atoms with Gasteiger partial charge in [-0.05, 0) is 37.1 Å². The monoisotopic (exact) mass is 406 g/mol. The number of hydrogen-bond donors (Lipinski definition) is 0. The molecule has 3 rings (SSSR count). The molecular weight excluding hydrogens is 380 g/mol. The highest BCUT2D eigenvalue weighted by Crippen LogP contribution is 2.29. The highest BCUT2D eigenvalue weighted by molar-refractivity contribution is 7.89. The number of piperidine rings is 1. The molecule has 0 atom stereocenters. The molecule has 0 N–H and O–H groups in total. The van der Waals surface area contributed by atoms with Gasteiger partial charge in [0.25, 0.3) is 5.91 Å². The number of aromatic nitrogens is 2. The van der Waals surface area contributed by atoms with E-state index in [2.05, 4.69) is 10.2 Å². The molecule has 1 fully saturated rings. The maximum Gasteiger partial charge on any atom is 0.253 e. The Kier molecular flexibility index (Phi) is 5.85. The Hall–Kier alpha value is -2.26. The minimum atomic E-state index is -3.50. The molecule has 0 aliphatic carbocycles. The number of amides is 1. The third-order valence-corrected chi connectivity index (χ3v) is 6.79. The van der Waals surface area contributed by atoms with Crippen molar-refractivity contribution in [1.29, 1.82) is 0 Å². The summed E-state index contributed by atoms with van der Waals surface area (Å²) in [6.07, 6.45) is 1.52. The fourth-order valence-corrected chi connectivity index (χ4v) is 4.04. The summed E-state index contributed by atoms with van der Waals surface area (Å²) in [5.41, 5.74) is 0.482. The van der Waals surface area contributed by atoms with Crippen molar-refractivity contribution in [2.24, 2.45) is 0 Å². The van der Waals surface area contributed by atoms with E-state index in [4.69, 9.17) is 4.42 Å². The van der Waals surface area contributed by atoms with Crippen molar-refractivity contribution in [3.8, 4) is 0 Å². The smallest absolute Gasteiger partial charge is 0.253 e. The Labute approximate surface area is 165 Å². The lowest BCUT2D eigenvalue weighted by atomic mass is 9.96. The number of sulfonamides is 1. The molecule has 0 radical (unpaired) electrons. The topological polar surface area (TPSA) is 96.6 Å². The SMILES string of the molecule is CC(C)c1nnc(C2CCN(C(=O)c3ccc(S(=O)(=O)N(C)C)cc3)CC2)o1. The molecule has 1 amide bonds. The highest BCUT2D eigenvalue weighted by atomic mass is 32.2. The zero-order valence-electron chi connectivity index (χ0n) is 16.6. The fourth-order valence-electron chi connectivity index (χ4n) is 3.14. The van der Waals surface area contributed by atoms with Crippen LogP contribution < -0.4 is 0 Å². The van der Waals surface area contributed by atoms with Crippen LogP contribution in [0.15, 0.2) is 33.6 Å². The molecule has 1 aliphatic heterocycles. The van der Waals surface area contributed by atoms with E-state index in [0.29, 0.717) is 30.4 Å². The maximum atomic E-state index is 12.7. The van der Waals surface area contributed by atoms with E-state index < -0.39 is 10.0 Å². The Bertz CT molecular complexity index is 927. The molecule has 0 unspecified atom stereocenters. The van der Waals surface area contributed by atoms with Crippen LogP contribution in [0.5, 0.6) is 0 Å². The van der Waals surface area contributed by atoms with E-state index >= 15 is 0 Å². The van der Waals surface area contributed by atoms with Crippen molar-refractivity contribution in [1.82, 2.24) is 19.4 Å². The van der Waals surface area contributed by atoms with E-state index in [1.54, 1.807) is 17.0 Å². The van der Waals surface area contributed by atoms with Crippen LogP contribution in [0.4, 0.5) is 0 Å². The molecule has 28 heavy (non-hydrogen) atoms. The number of hydrogen-bond acceptors (Lipinski definition) is 6. The summed E-state index contributed by atoms with van der Waals surface area (Å²) >= 11 is 0. The van der Waals surface area contributed by atoms with Gasteiger partial charge in [-0.25, -0.2) is 12.7 Å². The fraction of sp³-hybridized carbons (Fsp3) is 0.526. The molecule has 2 aromatic rings. The second-order valence-electron chi connectivity index (χ2n) is 7.51. The van der Waals surface area contributed by atoms with Gasteiger partial charge in [0.15, 0.2) is 0 Å². The molecule has 8 nitrogen and oxygen atoms in total. The average molecular weight is 407 g/mol. The molecule has 2 heterocycles. The van der Waals surface area contributed by atoms with Gasteiger partial charge in [0.2, 0.25) is 21.8 Å². The molecule has 0 saturated carbocycles. The number of likely N-dealkylation sites (tertiary alicyclic amines) is 1. The van der Waals surface area contributed by atoms with E-state index in [1.165, 1.54) is 26.2 Å². The lowest BCUT2D eigenvalue weighted by Crippen LogP contribution is -2.38. The molecule has 152 valence electrons. The van der Waals surface area contributed by atoms with Gasteiger partial charge in [-0.15, -0.1) is 10.2 Å². The van der Waals surface area contributed by atoms with Gasteiger partial charge in [0, 0.05) is 44.6 Å². The Morgan fingerprint density at radius 3 is 2.25 bits per heavy atom. The number of benzene rings is 1. The second kappa shape index (κ2) is 8.00. The van der Waals surface area contributed by atoms with Crippen LogP contribution in [-0.4, -0.2) is 60.9 Å². The summed E-state index contributed by atoms with van der Waals surface area (Å²) in [7, 11) is -0.545. The molecule has 1 saturated heterocycles. The molecule has 0 bridgehead atoms. The minimum Gasteiger partial charge on any atom is -0.425 e. The molecule has 9 heteroatoms. The third-order valence-electron chi connectivity index (χ3n) is 4.96. The van der Waals surface area contributed by atoms with Gasteiger partial charge >= 0.3 is 0 Å². The predicted octanol–water partition coefficient (Wildman–Crippen LogP) is 2.46. The van der Waals surface area contributed by atoms with E-state index in [-0.39, 0.29) is 22.6 Å². The van der Waals surface area contributed by atoms with Crippen LogP contribution in [0.3, 0.4) is 0 Å². The van der Waals surface area contributed by atoms with Crippen molar-refractivity contribution >= 4 is 15.9 Å². The molecule has 1 aliphatic rings. The van der Waals surface area contributed by atoms with Gasteiger partial charge in [-0.1, -0.05) is 13.8 Å². The van der Waals surface area contributed by atoms with Gasteiger partial charge in [-0.2, -0.15) is 0 Å². The van der Waals surface area contributed by atoms with Crippen molar-refractivity contribution in [2.45, 2.75) is 43.4 Å². The van der Waals surface area contributed by atoms with Crippen molar-refractivity contribution in [3.63, 3.8) is 0 Å². The van der Waals surface area contributed by atoms with Gasteiger partial charge < -0.3 is 9.32 Å². The van der Waals surface area contributed by atoms with Gasteiger partial charge in [0.1, 0.15) is 0 Å². The summed E-state index contributed by atoms with van der Waals surface area (Å²) in [6.45, 7) is 5.21. The van der Waals surface area contributed by atoms with Gasteiger partial charge in [-0.3, -0.25) is 4.79 Å². The number of rotatable bonds is 5. The summed E-state index contributed by atoms with van der Waals surface area (Å²) < 4.78 is 31.2. The zero-order valence-corrected chi connectivity index (χ0v) is 17.4. The van der Waals surface area contributed by atoms with Gasteiger partial charge in [0.05, 0.1) is 4.90 Å². The Morgan fingerprint density at radius 1 is 1.14 bits per heavy atom. The number of carbonyl (C=O) groups excluding carboxylic acids is 1.